The molecule has 2 aromatic rings. The molecular formula is C9H7N3O3. The zero-order valence-electron chi connectivity index (χ0n) is 7.51. The molecule has 0 saturated heterocycles. The minimum absolute atomic E-state index is 0.313. The third kappa shape index (κ3) is 1.15. The lowest BCUT2D eigenvalue weighted by Gasteiger charge is -1.97. The molecule has 1 aromatic heterocycles. The fourth-order valence-corrected chi connectivity index (χ4v) is 1.45. The summed E-state index contributed by atoms with van der Waals surface area (Å²) in [5.74, 6) is -0.986. The molecule has 0 aliphatic carbocycles. The second-order valence-electron chi connectivity index (χ2n) is 2.92. The Hall–Kier alpha value is -2.37. The van der Waals surface area contributed by atoms with Crippen molar-refractivity contribution in [3.63, 3.8) is 0 Å². The Morgan fingerprint density at radius 1 is 1.33 bits per heavy atom. The largest absolute Gasteiger partial charge is 0.503 e. The van der Waals surface area contributed by atoms with Gasteiger partial charge in [-0.05, 0) is 12.1 Å². The zero-order chi connectivity index (χ0) is 11.0. The average Bonchev–Trinajstić information content (AvgIpc) is 2.52. The van der Waals surface area contributed by atoms with Crippen LogP contribution in [-0.2, 0) is 0 Å². The summed E-state index contributed by atoms with van der Waals surface area (Å²) in [6.45, 7) is 0. The lowest BCUT2D eigenvalue weighted by atomic mass is 10.2. The van der Waals surface area contributed by atoms with Crippen LogP contribution < -0.4 is 0 Å². The summed E-state index contributed by atoms with van der Waals surface area (Å²) < 4.78 is 0.775. The number of nitrogens with zero attached hydrogens (tertiary/aromatic N) is 2. The van der Waals surface area contributed by atoms with Crippen LogP contribution in [0.2, 0.25) is 0 Å². The number of rotatable bonds is 0. The van der Waals surface area contributed by atoms with Gasteiger partial charge in [0.1, 0.15) is 0 Å². The van der Waals surface area contributed by atoms with Crippen molar-refractivity contribution < 1.29 is 15.0 Å². The van der Waals surface area contributed by atoms with Crippen molar-refractivity contribution in [2.24, 2.45) is 5.11 Å². The number of carbonyl (C=O) groups excluding carboxylic acids is 1. The van der Waals surface area contributed by atoms with Gasteiger partial charge in [-0.25, -0.2) is 9.36 Å². The number of hydrogen-bond acceptors (Lipinski definition) is 4. The molecule has 0 aliphatic rings. The minimum atomic E-state index is -0.955. The van der Waals surface area contributed by atoms with Gasteiger partial charge in [-0.2, -0.15) is 5.53 Å². The van der Waals surface area contributed by atoms with Crippen molar-refractivity contribution in [2.45, 2.75) is 0 Å². The van der Waals surface area contributed by atoms with Crippen LogP contribution in [0.5, 0.6) is 11.6 Å². The third-order valence-electron chi connectivity index (χ3n) is 2.11. The molecular weight excluding hydrogens is 198 g/mol. The molecule has 0 unspecified atom stereocenters. The number of hydrogen-bond donors (Lipinski definition) is 3. The van der Waals surface area contributed by atoms with Crippen LogP contribution in [0.3, 0.4) is 0 Å². The van der Waals surface area contributed by atoms with Gasteiger partial charge in [0.2, 0.25) is 5.88 Å². The highest BCUT2D eigenvalue weighted by molar-refractivity contribution is 5.98. The van der Waals surface area contributed by atoms with Gasteiger partial charge in [-0.15, -0.1) is 0 Å². The number of nitrogens with one attached hydrogen (secondary N) is 1. The molecule has 6 nitrogen and oxygen atoms in total. The van der Waals surface area contributed by atoms with E-state index in [1.54, 1.807) is 18.2 Å². The van der Waals surface area contributed by atoms with Crippen molar-refractivity contribution in [3.8, 4) is 11.6 Å². The Bertz CT molecular complexity index is 559. The number of aromatic nitrogens is 1. The van der Waals surface area contributed by atoms with Crippen LogP contribution in [0, 0.1) is 5.53 Å². The Kier molecular flexibility index (Phi) is 1.89. The van der Waals surface area contributed by atoms with Gasteiger partial charge in [0.25, 0.3) is 0 Å². The Labute approximate surface area is 83.9 Å². The smallest absolute Gasteiger partial charge is 0.373 e. The standard InChI is InChI=1S/C9H7N3O3/c10-11-9(15)12-6-4-2-1-3-5(6)7(13)8(12)14/h1-4,10,13-14H. The molecule has 1 aromatic carbocycles. The van der Waals surface area contributed by atoms with E-state index in [1.165, 1.54) is 6.07 Å². The number of fused-ring (bicyclic) bond motifs is 1. The lowest BCUT2D eigenvalue weighted by Crippen LogP contribution is -2.04. The quantitative estimate of drug-likeness (QED) is 0.574. The Balaban J connectivity index is 2.89. The second kappa shape index (κ2) is 3.09. The van der Waals surface area contributed by atoms with E-state index in [2.05, 4.69) is 5.11 Å². The first kappa shape index (κ1) is 9.20. The van der Waals surface area contributed by atoms with Crippen molar-refractivity contribution in [3.05, 3.63) is 24.3 Å². The summed E-state index contributed by atoms with van der Waals surface area (Å²) in [5, 5.41) is 22.0. The fourth-order valence-electron chi connectivity index (χ4n) is 1.45. The highest BCUT2D eigenvalue weighted by atomic mass is 16.3. The monoisotopic (exact) mass is 205 g/mol. The van der Waals surface area contributed by atoms with Gasteiger partial charge in [-0.1, -0.05) is 17.2 Å². The molecule has 6 heteroatoms. The number of benzene rings is 1. The molecule has 15 heavy (non-hydrogen) atoms. The summed E-state index contributed by atoms with van der Waals surface area (Å²) in [4.78, 5) is 11.2. The van der Waals surface area contributed by atoms with E-state index in [9.17, 15) is 15.0 Å². The first-order valence-electron chi connectivity index (χ1n) is 4.10. The predicted octanol–water partition coefficient (Wildman–Crippen LogP) is 2.05. The molecule has 0 radical (unpaired) electrons. The molecule has 76 valence electrons. The van der Waals surface area contributed by atoms with Crippen LogP contribution in [-0.4, -0.2) is 20.8 Å². The van der Waals surface area contributed by atoms with Gasteiger partial charge in [0.05, 0.1) is 5.52 Å². The van der Waals surface area contributed by atoms with E-state index in [1.807, 2.05) is 0 Å². The van der Waals surface area contributed by atoms with Crippen molar-refractivity contribution in [1.82, 2.24) is 4.57 Å². The second-order valence-corrected chi connectivity index (χ2v) is 2.92. The van der Waals surface area contributed by atoms with Gasteiger partial charge < -0.3 is 10.2 Å². The summed E-state index contributed by atoms with van der Waals surface area (Å²) in [6.07, 6.45) is 0. The predicted molar refractivity (Wildman–Crippen MR) is 51.2 cm³/mol. The summed E-state index contributed by atoms with van der Waals surface area (Å²) >= 11 is 0. The Morgan fingerprint density at radius 2 is 2.00 bits per heavy atom. The zero-order valence-corrected chi connectivity index (χ0v) is 7.51. The van der Waals surface area contributed by atoms with Gasteiger partial charge in [0, 0.05) is 5.39 Å². The normalized spacial score (nSPS) is 10.4. The topological polar surface area (TPSA) is 98.7 Å². The average molecular weight is 205 g/mol. The van der Waals surface area contributed by atoms with Crippen molar-refractivity contribution >= 4 is 16.9 Å². The van der Waals surface area contributed by atoms with E-state index in [-0.39, 0.29) is 5.75 Å². The molecule has 0 bridgehead atoms. The number of para-hydroxylation sites is 1. The molecule has 0 atom stereocenters. The Morgan fingerprint density at radius 3 is 2.67 bits per heavy atom. The van der Waals surface area contributed by atoms with E-state index < -0.39 is 11.9 Å². The molecule has 0 fully saturated rings. The van der Waals surface area contributed by atoms with Crippen molar-refractivity contribution in [1.29, 1.82) is 5.53 Å². The van der Waals surface area contributed by atoms with Crippen LogP contribution in [0.1, 0.15) is 0 Å². The van der Waals surface area contributed by atoms with E-state index >= 15 is 0 Å². The maximum atomic E-state index is 11.2. The number of amides is 1. The highest BCUT2D eigenvalue weighted by Crippen LogP contribution is 2.36. The summed E-state index contributed by atoms with van der Waals surface area (Å²) in [7, 11) is 0. The molecule has 0 spiro atoms. The summed E-state index contributed by atoms with van der Waals surface area (Å²) in [6, 6.07) is 5.45. The molecule has 0 saturated carbocycles. The van der Waals surface area contributed by atoms with Crippen LogP contribution in [0.4, 0.5) is 4.79 Å². The molecule has 1 amide bonds. The highest BCUT2D eigenvalue weighted by Gasteiger charge is 2.19. The number of carbonyl (C=O) groups is 1. The third-order valence-corrected chi connectivity index (χ3v) is 2.11. The fraction of sp³-hybridized carbons (Fsp3) is 0. The van der Waals surface area contributed by atoms with E-state index in [0.29, 0.717) is 10.9 Å². The minimum Gasteiger partial charge on any atom is -0.503 e. The SMILES string of the molecule is N=NC(=O)n1c(O)c(O)c2ccccc21. The van der Waals surface area contributed by atoms with Gasteiger partial charge in [0.15, 0.2) is 5.75 Å². The lowest BCUT2D eigenvalue weighted by molar-refractivity contribution is 0.246. The van der Waals surface area contributed by atoms with Crippen LogP contribution in [0.15, 0.2) is 29.4 Å². The van der Waals surface area contributed by atoms with Gasteiger partial charge in [-0.3, -0.25) is 0 Å². The van der Waals surface area contributed by atoms with Crippen LogP contribution in [0.25, 0.3) is 10.9 Å². The molecule has 3 N–H and O–H groups in total. The number of aromatic hydroxyl groups is 2. The first-order valence-corrected chi connectivity index (χ1v) is 4.10. The van der Waals surface area contributed by atoms with E-state index in [4.69, 9.17) is 5.53 Å². The van der Waals surface area contributed by atoms with Crippen LogP contribution >= 0.6 is 0 Å². The van der Waals surface area contributed by atoms with E-state index in [0.717, 1.165) is 4.57 Å². The van der Waals surface area contributed by atoms with Crippen molar-refractivity contribution in [2.75, 3.05) is 0 Å². The first-order chi connectivity index (χ1) is 7.16. The molecule has 0 aliphatic heterocycles. The van der Waals surface area contributed by atoms with Gasteiger partial charge >= 0.3 is 6.03 Å². The maximum Gasteiger partial charge on any atom is 0.373 e. The summed E-state index contributed by atoms with van der Waals surface area (Å²) in [5.41, 5.74) is 6.90. The maximum absolute atomic E-state index is 11.2. The molecule has 1 heterocycles. The molecule has 2 rings (SSSR count).